The molecule has 0 fully saturated rings. The van der Waals surface area contributed by atoms with E-state index in [4.69, 9.17) is 9.47 Å². The monoisotopic (exact) mass is 412 g/mol. The summed E-state index contributed by atoms with van der Waals surface area (Å²) in [5.74, 6) is -0.743. The highest BCUT2D eigenvalue weighted by Crippen LogP contribution is 2.15. The summed E-state index contributed by atoms with van der Waals surface area (Å²) >= 11 is 0. The molecule has 2 aromatic carbocycles. The molecule has 0 bridgehead atoms. The highest BCUT2D eigenvalue weighted by atomic mass is 16.5. The fraction of sp³-hybridized carbons (Fsp3) is 0.348. The molecule has 7 nitrogen and oxygen atoms in total. The van der Waals surface area contributed by atoms with E-state index in [2.05, 4.69) is 5.32 Å². The number of hydrogen-bond acceptors (Lipinski definition) is 5. The van der Waals surface area contributed by atoms with Crippen molar-refractivity contribution in [2.45, 2.75) is 32.9 Å². The Bertz CT molecular complexity index is 857. The summed E-state index contributed by atoms with van der Waals surface area (Å²) in [5, 5.41) is 2.77. The lowest BCUT2D eigenvalue weighted by Gasteiger charge is -2.23. The van der Waals surface area contributed by atoms with Crippen LogP contribution in [0.5, 0.6) is 5.75 Å². The van der Waals surface area contributed by atoms with Crippen LogP contribution < -0.4 is 10.1 Å². The van der Waals surface area contributed by atoms with Crippen molar-refractivity contribution < 1.29 is 23.9 Å². The van der Waals surface area contributed by atoms with Crippen LogP contribution in [-0.4, -0.2) is 48.4 Å². The number of esters is 1. The van der Waals surface area contributed by atoms with Gasteiger partial charge in [0.25, 0.3) is 5.91 Å². The number of nitrogens with one attached hydrogen (secondary N) is 1. The zero-order valence-electron chi connectivity index (χ0n) is 17.8. The van der Waals surface area contributed by atoms with E-state index in [1.54, 1.807) is 24.3 Å². The van der Waals surface area contributed by atoms with Crippen LogP contribution in [0.4, 0.5) is 0 Å². The van der Waals surface area contributed by atoms with E-state index in [1.165, 1.54) is 11.9 Å². The molecule has 0 heterocycles. The average molecular weight is 412 g/mol. The van der Waals surface area contributed by atoms with Crippen LogP contribution in [0.1, 0.15) is 36.7 Å². The van der Waals surface area contributed by atoms with E-state index in [1.807, 2.05) is 51.1 Å². The first kappa shape index (κ1) is 22.9. The van der Waals surface area contributed by atoms with Crippen molar-refractivity contribution in [2.24, 2.45) is 0 Å². The molecule has 30 heavy (non-hydrogen) atoms. The summed E-state index contributed by atoms with van der Waals surface area (Å²) < 4.78 is 10.7. The van der Waals surface area contributed by atoms with Gasteiger partial charge in [0.2, 0.25) is 5.91 Å². The van der Waals surface area contributed by atoms with Crippen LogP contribution in [0.25, 0.3) is 0 Å². The molecule has 2 aromatic rings. The molecule has 0 unspecified atom stereocenters. The molecule has 0 aromatic heterocycles. The second-order valence-corrected chi connectivity index (χ2v) is 7.92. The molecule has 2 rings (SSSR count). The van der Waals surface area contributed by atoms with E-state index in [-0.39, 0.29) is 18.0 Å². The maximum absolute atomic E-state index is 12.2. The second kappa shape index (κ2) is 10.4. The van der Waals surface area contributed by atoms with E-state index in [9.17, 15) is 14.4 Å². The van der Waals surface area contributed by atoms with Crippen molar-refractivity contribution in [2.75, 3.05) is 20.2 Å². The van der Waals surface area contributed by atoms with Gasteiger partial charge >= 0.3 is 5.97 Å². The van der Waals surface area contributed by atoms with Crippen LogP contribution in [-0.2, 0) is 20.9 Å². The third-order valence-corrected chi connectivity index (χ3v) is 3.99. The Morgan fingerprint density at radius 2 is 1.60 bits per heavy atom. The van der Waals surface area contributed by atoms with Crippen LogP contribution in [0.3, 0.4) is 0 Å². The molecule has 160 valence electrons. The summed E-state index contributed by atoms with van der Waals surface area (Å²) in [6.45, 7) is 5.44. The molecule has 2 amide bonds. The van der Waals surface area contributed by atoms with Gasteiger partial charge in [0.05, 0.1) is 12.1 Å². The third-order valence-electron chi connectivity index (χ3n) is 3.99. The van der Waals surface area contributed by atoms with Crippen molar-refractivity contribution in [3.05, 3.63) is 65.7 Å². The number of ether oxygens (including phenoxy) is 2. The van der Waals surface area contributed by atoms with E-state index < -0.39 is 18.5 Å². The van der Waals surface area contributed by atoms with Gasteiger partial charge in [-0.05, 0) is 50.6 Å². The summed E-state index contributed by atoms with van der Waals surface area (Å²) in [7, 11) is 1.48. The Kier molecular flexibility index (Phi) is 7.98. The zero-order valence-corrected chi connectivity index (χ0v) is 17.8. The minimum Gasteiger partial charge on any atom is -0.489 e. The standard InChI is InChI=1S/C23H28N2O5/c1-23(2,3)24-20(26)14-25(4)21(27)16-30-22(28)18-10-12-19(13-11-18)29-15-17-8-6-5-7-9-17/h5-13H,14-16H2,1-4H3,(H,24,26). The van der Waals surface area contributed by atoms with Crippen LogP contribution >= 0.6 is 0 Å². The van der Waals surface area contributed by atoms with Gasteiger partial charge in [-0.3, -0.25) is 9.59 Å². The summed E-state index contributed by atoms with van der Waals surface area (Å²) in [4.78, 5) is 37.4. The number of carbonyl (C=O) groups is 3. The van der Waals surface area contributed by atoms with Crippen molar-refractivity contribution >= 4 is 17.8 Å². The third kappa shape index (κ3) is 7.95. The number of rotatable bonds is 8. The number of amides is 2. The van der Waals surface area contributed by atoms with Gasteiger partial charge in [0.1, 0.15) is 12.4 Å². The van der Waals surface area contributed by atoms with Crippen molar-refractivity contribution in [1.29, 1.82) is 0 Å². The topological polar surface area (TPSA) is 84.9 Å². The first-order valence-electron chi connectivity index (χ1n) is 9.63. The van der Waals surface area contributed by atoms with Gasteiger partial charge in [0.15, 0.2) is 6.61 Å². The smallest absolute Gasteiger partial charge is 0.338 e. The largest absolute Gasteiger partial charge is 0.489 e. The molecule has 7 heteroatoms. The molecule has 0 aliphatic rings. The zero-order chi connectivity index (χ0) is 22.1. The lowest BCUT2D eigenvalue weighted by molar-refractivity contribution is -0.137. The Hall–Kier alpha value is -3.35. The first-order chi connectivity index (χ1) is 14.1. The van der Waals surface area contributed by atoms with Gasteiger partial charge in [-0.15, -0.1) is 0 Å². The Morgan fingerprint density at radius 3 is 2.20 bits per heavy atom. The maximum Gasteiger partial charge on any atom is 0.338 e. The molecule has 0 radical (unpaired) electrons. The van der Waals surface area contributed by atoms with Gasteiger partial charge in [-0.25, -0.2) is 4.79 Å². The molecule has 0 saturated heterocycles. The Morgan fingerprint density at radius 1 is 0.967 bits per heavy atom. The quantitative estimate of drug-likeness (QED) is 0.674. The number of nitrogens with zero attached hydrogens (tertiary/aromatic N) is 1. The van der Waals surface area contributed by atoms with Crippen LogP contribution in [0.15, 0.2) is 54.6 Å². The Labute approximate surface area is 177 Å². The van der Waals surface area contributed by atoms with Crippen LogP contribution in [0, 0.1) is 0 Å². The summed E-state index contributed by atoms with van der Waals surface area (Å²) in [6.07, 6.45) is 0. The minimum absolute atomic E-state index is 0.110. The van der Waals surface area contributed by atoms with Gasteiger partial charge in [0, 0.05) is 12.6 Å². The van der Waals surface area contributed by atoms with Crippen molar-refractivity contribution in [3.63, 3.8) is 0 Å². The fourth-order valence-corrected chi connectivity index (χ4v) is 2.51. The fourth-order valence-electron chi connectivity index (χ4n) is 2.51. The first-order valence-corrected chi connectivity index (χ1v) is 9.63. The molecule has 0 aliphatic heterocycles. The maximum atomic E-state index is 12.2. The average Bonchev–Trinajstić information content (AvgIpc) is 2.69. The molecule has 0 atom stereocenters. The lowest BCUT2D eigenvalue weighted by atomic mass is 10.1. The highest BCUT2D eigenvalue weighted by molar-refractivity contribution is 5.92. The number of hydrogen-bond donors (Lipinski definition) is 1. The highest BCUT2D eigenvalue weighted by Gasteiger charge is 2.19. The number of carbonyl (C=O) groups excluding carboxylic acids is 3. The molecule has 0 spiro atoms. The predicted molar refractivity (Wildman–Crippen MR) is 113 cm³/mol. The predicted octanol–water partition coefficient (Wildman–Crippen LogP) is 2.80. The van der Waals surface area contributed by atoms with E-state index >= 15 is 0 Å². The Balaban J connectivity index is 1.78. The van der Waals surface area contributed by atoms with Gasteiger partial charge < -0.3 is 19.7 Å². The van der Waals surface area contributed by atoms with Gasteiger partial charge in [-0.1, -0.05) is 30.3 Å². The molecular weight excluding hydrogens is 384 g/mol. The SMILES string of the molecule is CN(CC(=O)NC(C)(C)C)C(=O)COC(=O)c1ccc(OCc2ccccc2)cc1. The molecule has 0 saturated carbocycles. The normalized spacial score (nSPS) is 10.8. The second-order valence-electron chi connectivity index (χ2n) is 7.92. The van der Waals surface area contributed by atoms with E-state index in [0.29, 0.717) is 17.9 Å². The van der Waals surface area contributed by atoms with E-state index in [0.717, 1.165) is 5.56 Å². The molecular formula is C23H28N2O5. The van der Waals surface area contributed by atoms with Gasteiger partial charge in [-0.2, -0.15) is 0 Å². The van der Waals surface area contributed by atoms with Crippen LogP contribution in [0.2, 0.25) is 0 Å². The van der Waals surface area contributed by atoms with Crippen molar-refractivity contribution in [1.82, 2.24) is 10.2 Å². The van der Waals surface area contributed by atoms with Crippen molar-refractivity contribution in [3.8, 4) is 5.75 Å². The minimum atomic E-state index is -0.620. The molecule has 1 N–H and O–H groups in total. The lowest BCUT2D eigenvalue weighted by Crippen LogP contribution is -2.46. The summed E-state index contributed by atoms with van der Waals surface area (Å²) in [6, 6.07) is 16.2. The molecule has 0 aliphatic carbocycles. The summed E-state index contributed by atoms with van der Waals surface area (Å²) in [5.41, 5.74) is 0.965. The number of likely N-dealkylation sites (N-methyl/N-ethyl adjacent to an activating group) is 1. The number of benzene rings is 2.